The third kappa shape index (κ3) is 2.88. The van der Waals surface area contributed by atoms with Crippen molar-refractivity contribution in [2.75, 3.05) is 0 Å². The van der Waals surface area contributed by atoms with Gasteiger partial charge in [0, 0.05) is 5.56 Å². The van der Waals surface area contributed by atoms with Crippen molar-refractivity contribution in [3.63, 3.8) is 0 Å². The number of aromatic carboxylic acids is 1. The summed E-state index contributed by atoms with van der Waals surface area (Å²) >= 11 is 0. The van der Waals surface area contributed by atoms with Crippen LogP contribution in [0.1, 0.15) is 33.2 Å². The van der Waals surface area contributed by atoms with Crippen molar-refractivity contribution in [3.05, 3.63) is 71.3 Å². The van der Waals surface area contributed by atoms with E-state index in [1.807, 2.05) is 0 Å². The fraction of sp³-hybridized carbons (Fsp3) is 0.111. The highest BCUT2D eigenvalue weighted by atomic mass is 16.4. The number of hydrogen-bond acceptors (Lipinski definition) is 4. The summed E-state index contributed by atoms with van der Waals surface area (Å²) in [5.74, 6) is -2.60. The molecule has 1 unspecified atom stereocenters. The smallest absolute Gasteiger partial charge is 0.344 e. The molecule has 0 aliphatic carbocycles. The lowest BCUT2D eigenvalue weighted by Gasteiger charge is -2.22. The lowest BCUT2D eigenvalue weighted by Crippen LogP contribution is -2.47. The lowest BCUT2D eigenvalue weighted by atomic mass is 9.92. The van der Waals surface area contributed by atoms with E-state index >= 15 is 0 Å². The molecule has 3 N–H and O–H groups in total. The number of nitrogens with zero attached hydrogens (tertiary/aromatic N) is 1. The van der Waals surface area contributed by atoms with Gasteiger partial charge in [-0.25, -0.2) is 9.59 Å². The zero-order valence-corrected chi connectivity index (χ0v) is 13.7. The topological polar surface area (TPSA) is 116 Å². The van der Waals surface area contributed by atoms with Gasteiger partial charge in [-0.2, -0.15) is 5.01 Å². The van der Waals surface area contributed by atoms with Gasteiger partial charge in [0.2, 0.25) is 0 Å². The molecule has 26 heavy (non-hydrogen) atoms. The highest BCUT2D eigenvalue weighted by Crippen LogP contribution is 2.27. The first-order valence-electron chi connectivity index (χ1n) is 7.69. The molecule has 1 fully saturated rings. The number of urea groups is 1. The van der Waals surface area contributed by atoms with Crippen molar-refractivity contribution >= 4 is 23.8 Å². The van der Waals surface area contributed by atoms with Gasteiger partial charge in [0.25, 0.3) is 11.8 Å². The van der Waals surface area contributed by atoms with Gasteiger partial charge in [-0.15, -0.1) is 0 Å². The van der Waals surface area contributed by atoms with Crippen LogP contribution in [0.3, 0.4) is 0 Å². The Morgan fingerprint density at radius 2 is 1.69 bits per heavy atom. The van der Waals surface area contributed by atoms with E-state index in [4.69, 9.17) is 5.11 Å². The van der Waals surface area contributed by atoms with Crippen LogP contribution in [0.4, 0.5) is 4.79 Å². The number of amides is 4. The molecule has 132 valence electrons. The van der Waals surface area contributed by atoms with Crippen molar-refractivity contribution in [1.82, 2.24) is 15.8 Å². The minimum atomic E-state index is -1.31. The van der Waals surface area contributed by atoms with Crippen molar-refractivity contribution in [1.29, 1.82) is 0 Å². The Balaban J connectivity index is 1.83. The van der Waals surface area contributed by atoms with Crippen LogP contribution >= 0.6 is 0 Å². The Kier molecular flexibility index (Phi) is 4.17. The van der Waals surface area contributed by atoms with Gasteiger partial charge >= 0.3 is 12.0 Å². The predicted molar refractivity (Wildman–Crippen MR) is 90.0 cm³/mol. The molecule has 1 aliphatic heterocycles. The van der Waals surface area contributed by atoms with Gasteiger partial charge in [0.15, 0.2) is 0 Å². The first-order valence-corrected chi connectivity index (χ1v) is 7.69. The molecule has 0 saturated carbocycles. The Labute approximate surface area is 148 Å². The Morgan fingerprint density at radius 1 is 1.04 bits per heavy atom. The number of carboxylic acid groups (broad SMARTS) is 1. The van der Waals surface area contributed by atoms with Crippen LogP contribution in [-0.2, 0) is 10.3 Å². The molecule has 4 amide bonds. The summed E-state index contributed by atoms with van der Waals surface area (Å²) in [6.07, 6.45) is 0. The van der Waals surface area contributed by atoms with Gasteiger partial charge in [-0.1, -0.05) is 36.4 Å². The third-order valence-corrected chi connectivity index (χ3v) is 4.13. The summed E-state index contributed by atoms with van der Waals surface area (Å²) in [5.41, 5.74) is 1.42. The zero-order chi connectivity index (χ0) is 18.9. The largest absolute Gasteiger partial charge is 0.478 e. The Hall–Kier alpha value is -3.68. The van der Waals surface area contributed by atoms with Gasteiger partial charge in [-0.05, 0) is 30.7 Å². The molecule has 0 bridgehead atoms. The monoisotopic (exact) mass is 353 g/mol. The number of benzene rings is 2. The van der Waals surface area contributed by atoms with Crippen LogP contribution in [0.5, 0.6) is 0 Å². The Morgan fingerprint density at radius 3 is 2.35 bits per heavy atom. The van der Waals surface area contributed by atoms with Crippen LogP contribution in [-0.4, -0.2) is 33.9 Å². The molecular formula is C18H15N3O5. The van der Waals surface area contributed by atoms with E-state index in [1.165, 1.54) is 18.2 Å². The summed E-state index contributed by atoms with van der Waals surface area (Å²) in [5, 5.41) is 12.2. The summed E-state index contributed by atoms with van der Waals surface area (Å²) in [6, 6.07) is 13.1. The van der Waals surface area contributed by atoms with E-state index in [0.29, 0.717) is 10.6 Å². The fourth-order valence-electron chi connectivity index (χ4n) is 2.67. The van der Waals surface area contributed by atoms with Gasteiger partial charge in [0.1, 0.15) is 5.54 Å². The van der Waals surface area contributed by atoms with Crippen LogP contribution in [0.2, 0.25) is 0 Å². The second-order valence-corrected chi connectivity index (χ2v) is 5.89. The summed E-state index contributed by atoms with van der Waals surface area (Å²) in [6.45, 7) is 1.54. The second-order valence-electron chi connectivity index (χ2n) is 5.89. The molecule has 2 aromatic rings. The molecule has 2 aromatic carbocycles. The van der Waals surface area contributed by atoms with E-state index in [1.54, 1.807) is 37.3 Å². The van der Waals surface area contributed by atoms with Gasteiger partial charge in [0.05, 0.1) is 5.56 Å². The summed E-state index contributed by atoms with van der Waals surface area (Å²) < 4.78 is 0. The van der Waals surface area contributed by atoms with Crippen molar-refractivity contribution in [2.45, 2.75) is 12.5 Å². The maximum atomic E-state index is 12.7. The van der Waals surface area contributed by atoms with E-state index in [-0.39, 0.29) is 11.1 Å². The maximum Gasteiger partial charge on any atom is 0.344 e. The molecule has 1 saturated heterocycles. The molecule has 1 aliphatic rings. The lowest BCUT2D eigenvalue weighted by molar-refractivity contribution is -0.132. The van der Waals surface area contributed by atoms with E-state index in [9.17, 15) is 19.2 Å². The molecule has 8 nitrogen and oxygen atoms in total. The average molecular weight is 353 g/mol. The van der Waals surface area contributed by atoms with Crippen LogP contribution in [0, 0.1) is 0 Å². The van der Waals surface area contributed by atoms with Crippen LogP contribution < -0.4 is 10.7 Å². The second kappa shape index (κ2) is 6.32. The van der Waals surface area contributed by atoms with Crippen LogP contribution in [0.15, 0.2) is 54.6 Å². The number of hydrogen-bond donors (Lipinski definition) is 3. The first-order chi connectivity index (χ1) is 12.3. The van der Waals surface area contributed by atoms with Gasteiger partial charge in [-0.3, -0.25) is 15.0 Å². The minimum absolute atomic E-state index is 0.0128. The zero-order valence-electron chi connectivity index (χ0n) is 13.7. The molecule has 1 heterocycles. The number of imide groups is 1. The number of carboxylic acids is 1. The predicted octanol–water partition coefficient (Wildman–Crippen LogP) is 1.50. The number of carbonyl (C=O) groups excluding carboxylic acids is 3. The normalized spacial score (nSPS) is 19.2. The summed E-state index contributed by atoms with van der Waals surface area (Å²) in [4.78, 5) is 48.3. The molecule has 0 radical (unpaired) electrons. The van der Waals surface area contributed by atoms with Crippen molar-refractivity contribution in [3.8, 4) is 0 Å². The highest BCUT2D eigenvalue weighted by Gasteiger charge is 2.50. The number of hydrazine groups is 1. The fourth-order valence-corrected chi connectivity index (χ4v) is 2.67. The van der Waals surface area contributed by atoms with Crippen molar-refractivity contribution < 1.29 is 24.3 Å². The summed E-state index contributed by atoms with van der Waals surface area (Å²) in [7, 11) is 0. The number of carbonyl (C=O) groups is 4. The standard InChI is InChI=1S/C18H15N3O5/c1-18(13-8-3-2-4-9-13)16(25)21(17(26)19-18)20-14(22)11-6-5-7-12(10-11)15(23)24/h2-10H,1H3,(H,19,26)(H,20,22)(H,23,24). The first kappa shape index (κ1) is 17.2. The van der Waals surface area contributed by atoms with Gasteiger partial charge < -0.3 is 10.4 Å². The highest BCUT2D eigenvalue weighted by molar-refractivity contribution is 6.09. The average Bonchev–Trinajstić information content (AvgIpc) is 2.86. The van der Waals surface area contributed by atoms with Crippen LogP contribution in [0.25, 0.3) is 0 Å². The SMILES string of the molecule is CC1(c2ccccc2)NC(=O)N(NC(=O)c2cccc(C(=O)O)c2)C1=O. The number of nitrogens with one attached hydrogen (secondary N) is 2. The van der Waals surface area contributed by atoms with E-state index in [2.05, 4.69) is 10.7 Å². The molecule has 3 rings (SSSR count). The molecule has 8 heteroatoms. The molecule has 0 aromatic heterocycles. The Bertz CT molecular complexity index is 912. The van der Waals surface area contributed by atoms with E-state index < -0.39 is 29.4 Å². The van der Waals surface area contributed by atoms with E-state index in [0.717, 1.165) is 6.07 Å². The third-order valence-electron chi connectivity index (χ3n) is 4.13. The number of rotatable bonds is 4. The minimum Gasteiger partial charge on any atom is -0.478 e. The quantitative estimate of drug-likeness (QED) is 0.720. The molecular weight excluding hydrogens is 338 g/mol. The molecule has 1 atom stereocenters. The maximum absolute atomic E-state index is 12.7. The molecule has 0 spiro atoms. The van der Waals surface area contributed by atoms with Crippen molar-refractivity contribution in [2.24, 2.45) is 0 Å².